The number of aryl methyl sites for hydroxylation is 2. The molecule has 0 aliphatic rings. The number of fused-ring (bicyclic) bond motifs is 1. The number of nitrogens with one attached hydrogen (secondary N) is 1. The first-order valence-corrected chi connectivity index (χ1v) is 11.0. The molecule has 0 aliphatic heterocycles. The van der Waals surface area contributed by atoms with Crippen LogP contribution in [0.3, 0.4) is 0 Å². The molecule has 0 unspecified atom stereocenters. The van der Waals surface area contributed by atoms with E-state index >= 15 is 0 Å². The number of carbonyl (C=O) groups is 1. The Morgan fingerprint density at radius 2 is 1.90 bits per heavy atom. The topological polar surface area (TPSA) is 65.4 Å². The fraction of sp³-hybridized carbons (Fsp3) is 0.440. The highest BCUT2D eigenvalue weighted by molar-refractivity contribution is 5.77. The Morgan fingerprint density at radius 1 is 1.06 bits per heavy atom. The third-order valence-corrected chi connectivity index (χ3v) is 5.54. The number of hydrogen-bond acceptors (Lipinski definition) is 4. The van der Waals surface area contributed by atoms with Crippen LogP contribution in [0.4, 0.5) is 0 Å². The highest BCUT2D eigenvalue weighted by Crippen LogP contribution is 2.22. The number of nitrogens with zero attached hydrogens (tertiary/aromatic N) is 2. The molecule has 3 aromatic rings. The third-order valence-electron chi connectivity index (χ3n) is 5.54. The monoisotopic (exact) mass is 423 g/mol. The van der Waals surface area contributed by atoms with Gasteiger partial charge in [-0.15, -0.1) is 0 Å². The highest BCUT2D eigenvalue weighted by atomic mass is 16.5. The second-order valence-corrected chi connectivity index (χ2v) is 7.81. The average Bonchev–Trinajstić information content (AvgIpc) is 3.11. The molecule has 1 aromatic heterocycles. The van der Waals surface area contributed by atoms with Gasteiger partial charge in [0.25, 0.3) is 0 Å². The van der Waals surface area contributed by atoms with E-state index in [1.807, 2.05) is 18.2 Å². The lowest BCUT2D eigenvalue weighted by molar-refractivity contribution is -0.124. The zero-order valence-electron chi connectivity index (χ0n) is 18.8. The summed E-state index contributed by atoms with van der Waals surface area (Å²) in [6, 6.07) is 14.4. The van der Waals surface area contributed by atoms with Gasteiger partial charge in [-0.1, -0.05) is 30.7 Å². The van der Waals surface area contributed by atoms with Crippen LogP contribution in [0.1, 0.15) is 36.2 Å². The van der Waals surface area contributed by atoms with Crippen LogP contribution in [-0.2, 0) is 22.5 Å². The minimum Gasteiger partial charge on any atom is -0.491 e. The van der Waals surface area contributed by atoms with Gasteiger partial charge in [0.05, 0.1) is 17.6 Å². The van der Waals surface area contributed by atoms with Crippen LogP contribution in [0.5, 0.6) is 5.75 Å². The molecular formula is C25H33N3O3. The van der Waals surface area contributed by atoms with Crippen molar-refractivity contribution in [2.24, 2.45) is 0 Å². The van der Waals surface area contributed by atoms with Crippen LogP contribution < -0.4 is 10.1 Å². The molecule has 3 rings (SSSR count). The van der Waals surface area contributed by atoms with Crippen molar-refractivity contribution < 1.29 is 14.3 Å². The minimum atomic E-state index is -0.0619. The summed E-state index contributed by atoms with van der Waals surface area (Å²) in [6.45, 7) is 6.36. The second-order valence-electron chi connectivity index (χ2n) is 7.81. The molecule has 6 nitrogen and oxygen atoms in total. The molecule has 6 heteroatoms. The first-order valence-electron chi connectivity index (χ1n) is 11.0. The van der Waals surface area contributed by atoms with Gasteiger partial charge in [0.15, 0.2) is 0 Å². The van der Waals surface area contributed by atoms with E-state index in [0.29, 0.717) is 13.2 Å². The van der Waals surface area contributed by atoms with Gasteiger partial charge in [0, 0.05) is 20.1 Å². The molecule has 1 heterocycles. The SMILES string of the molecule is COCC(=O)NCCCCCc1nc2ccccc2n1CCOc1cccc(C)c1C. The van der Waals surface area contributed by atoms with Crippen molar-refractivity contribution in [1.82, 2.24) is 14.9 Å². The summed E-state index contributed by atoms with van der Waals surface area (Å²) in [5, 5.41) is 2.87. The normalized spacial score (nSPS) is 11.1. The number of rotatable bonds is 12. The number of unbranched alkanes of at least 4 members (excludes halogenated alkanes) is 2. The predicted octanol–water partition coefficient (Wildman–Crippen LogP) is 4.21. The van der Waals surface area contributed by atoms with Gasteiger partial charge in [-0.25, -0.2) is 4.98 Å². The average molecular weight is 424 g/mol. The lowest BCUT2D eigenvalue weighted by atomic mass is 10.1. The zero-order chi connectivity index (χ0) is 22.1. The van der Waals surface area contributed by atoms with Gasteiger partial charge >= 0.3 is 0 Å². The van der Waals surface area contributed by atoms with E-state index in [1.54, 1.807) is 0 Å². The Kier molecular flexibility index (Phi) is 8.47. The molecule has 0 bridgehead atoms. The Morgan fingerprint density at radius 3 is 2.74 bits per heavy atom. The van der Waals surface area contributed by atoms with Crippen molar-refractivity contribution in [2.75, 3.05) is 26.9 Å². The number of imidazole rings is 1. The molecular weight excluding hydrogens is 390 g/mol. The zero-order valence-corrected chi connectivity index (χ0v) is 18.8. The summed E-state index contributed by atoms with van der Waals surface area (Å²) in [6.07, 6.45) is 3.92. The van der Waals surface area contributed by atoms with Gasteiger partial charge in [-0.05, 0) is 56.0 Å². The molecule has 1 amide bonds. The summed E-state index contributed by atoms with van der Waals surface area (Å²) in [5.41, 5.74) is 4.60. The molecule has 2 aromatic carbocycles. The summed E-state index contributed by atoms with van der Waals surface area (Å²) in [4.78, 5) is 16.3. The van der Waals surface area contributed by atoms with Gasteiger partial charge in [0.1, 0.15) is 24.8 Å². The summed E-state index contributed by atoms with van der Waals surface area (Å²) in [5.74, 6) is 1.98. The first-order chi connectivity index (χ1) is 15.1. The molecule has 1 N–H and O–H groups in total. The Labute approximate surface area is 184 Å². The van der Waals surface area contributed by atoms with E-state index in [0.717, 1.165) is 54.8 Å². The molecule has 31 heavy (non-hydrogen) atoms. The quantitative estimate of drug-likeness (QED) is 0.443. The van der Waals surface area contributed by atoms with Crippen LogP contribution >= 0.6 is 0 Å². The summed E-state index contributed by atoms with van der Waals surface area (Å²) in [7, 11) is 1.53. The lowest BCUT2D eigenvalue weighted by Gasteiger charge is -2.13. The number of para-hydroxylation sites is 2. The summed E-state index contributed by atoms with van der Waals surface area (Å²) >= 11 is 0. The number of carbonyl (C=O) groups excluding carboxylic acids is 1. The van der Waals surface area contributed by atoms with E-state index in [4.69, 9.17) is 14.5 Å². The molecule has 0 saturated carbocycles. The van der Waals surface area contributed by atoms with Crippen molar-refractivity contribution in [3.63, 3.8) is 0 Å². The number of methoxy groups -OCH3 is 1. The van der Waals surface area contributed by atoms with E-state index in [9.17, 15) is 4.79 Å². The molecule has 0 spiro atoms. The molecule has 0 radical (unpaired) electrons. The van der Waals surface area contributed by atoms with Crippen molar-refractivity contribution in [3.05, 3.63) is 59.4 Å². The maximum Gasteiger partial charge on any atom is 0.245 e. The van der Waals surface area contributed by atoms with Crippen LogP contribution in [0, 0.1) is 13.8 Å². The maximum absolute atomic E-state index is 11.4. The molecule has 0 aliphatic carbocycles. The molecule has 166 valence electrons. The van der Waals surface area contributed by atoms with E-state index in [2.05, 4.69) is 48.0 Å². The Bertz CT molecular complexity index is 997. The number of aromatic nitrogens is 2. The molecule has 0 fully saturated rings. The fourth-order valence-electron chi connectivity index (χ4n) is 3.69. The third kappa shape index (κ3) is 6.31. The van der Waals surface area contributed by atoms with Crippen molar-refractivity contribution in [2.45, 2.75) is 46.1 Å². The van der Waals surface area contributed by atoms with Crippen molar-refractivity contribution in [1.29, 1.82) is 0 Å². The number of benzene rings is 2. The number of amides is 1. The van der Waals surface area contributed by atoms with E-state index in [-0.39, 0.29) is 12.5 Å². The standard InChI is InChI=1S/C25H33N3O3/c1-19-10-9-13-23(20(19)2)31-17-16-28-22-12-7-6-11-21(22)27-24(28)14-5-4-8-15-26-25(29)18-30-3/h6-7,9-13H,4-5,8,14-18H2,1-3H3,(H,26,29). The second kappa shape index (κ2) is 11.5. The van der Waals surface area contributed by atoms with Crippen LogP contribution in [0.25, 0.3) is 11.0 Å². The fourth-order valence-corrected chi connectivity index (χ4v) is 3.69. The van der Waals surface area contributed by atoms with E-state index < -0.39 is 0 Å². The lowest BCUT2D eigenvalue weighted by Crippen LogP contribution is -2.27. The first kappa shape index (κ1) is 22.8. The largest absolute Gasteiger partial charge is 0.491 e. The van der Waals surface area contributed by atoms with Gasteiger partial charge in [-0.2, -0.15) is 0 Å². The van der Waals surface area contributed by atoms with Crippen LogP contribution in [0.15, 0.2) is 42.5 Å². The Hall–Kier alpha value is -2.86. The predicted molar refractivity (Wildman–Crippen MR) is 124 cm³/mol. The van der Waals surface area contributed by atoms with Gasteiger partial charge in [0.2, 0.25) is 5.91 Å². The van der Waals surface area contributed by atoms with Crippen molar-refractivity contribution in [3.8, 4) is 5.75 Å². The molecule has 0 atom stereocenters. The maximum atomic E-state index is 11.4. The smallest absolute Gasteiger partial charge is 0.245 e. The minimum absolute atomic E-state index is 0.0619. The number of hydrogen-bond donors (Lipinski definition) is 1. The van der Waals surface area contributed by atoms with Crippen LogP contribution in [-0.4, -0.2) is 42.3 Å². The number of ether oxygens (including phenoxy) is 2. The summed E-state index contributed by atoms with van der Waals surface area (Å²) < 4.78 is 13.2. The van der Waals surface area contributed by atoms with Gasteiger partial charge < -0.3 is 19.4 Å². The molecule has 0 saturated heterocycles. The highest BCUT2D eigenvalue weighted by Gasteiger charge is 2.11. The van der Waals surface area contributed by atoms with Crippen molar-refractivity contribution >= 4 is 16.9 Å². The van der Waals surface area contributed by atoms with E-state index in [1.165, 1.54) is 18.2 Å². The van der Waals surface area contributed by atoms with Crippen LogP contribution in [0.2, 0.25) is 0 Å². The Balaban J connectivity index is 1.56. The van der Waals surface area contributed by atoms with Gasteiger partial charge in [-0.3, -0.25) is 4.79 Å².